The molecule has 146 valence electrons. The van der Waals surface area contributed by atoms with E-state index in [0.717, 1.165) is 34.6 Å². The van der Waals surface area contributed by atoms with E-state index >= 15 is 0 Å². The normalized spacial score (nSPS) is 16.6. The molecule has 0 bridgehead atoms. The third kappa shape index (κ3) is 3.43. The fraction of sp³-hybridized carbons (Fsp3) is 0.400. The van der Waals surface area contributed by atoms with Crippen LogP contribution in [0.15, 0.2) is 36.7 Å². The minimum absolute atomic E-state index is 0.101. The van der Waals surface area contributed by atoms with Crippen LogP contribution in [0, 0.1) is 0 Å². The SMILES string of the molecule is COc1ccccc1CC(=O)N1CC[C@H](c2nn(CCN)c3nccnc23)C1. The molecular weight excluding hydrogens is 356 g/mol. The number of hydrogen-bond donors (Lipinski definition) is 1. The van der Waals surface area contributed by atoms with E-state index in [1.165, 1.54) is 0 Å². The van der Waals surface area contributed by atoms with Gasteiger partial charge in [0.15, 0.2) is 5.65 Å². The molecule has 1 amide bonds. The topological polar surface area (TPSA) is 99.2 Å². The van der Waals surface area contributed by atoms with Crippen LogP contribution >= 0.6 is 0 Å². The summed E-state index contributed by atoms with van der Waals surface area (Å²) < 4.78 is 7.18. The highest BCUT2D eigenvalue weighted by Gasteiger charge is 2.31. The standard InChI is InChI=1S/C20H24N6O2/c1-28-16-5-3-2-4-14(16)12-17(27)25-10-6-15(13-25)18-19-20(23-9-8-22-19)26(24-18)11-7-21/h2-5,8-9,15H,6-7,10-13,21H2,1H3/t15-/m0/s1. The van der Waals surface area contributed by atoms with Crippen LogP contribution in [0.25, 0.3) is 11.2 Å². The smallest absolute Gasteiger partial charge is 0.227 e. The van der Waals surface area contributed by atoms with Crippen molar-refractivity contribution in [1.82, 2.24) is 24.6 Å². The van der Waals surface area contributed by atoms with Gasteiger partial charge >= 0.3 is 0 Å². The first kappa shape index (κ1) is 18.4. The van der Waals surface area contributed by atoms with Gasteiger partial charge < -0.3 is 15.4 Å². The Morgan fingerprint density at radius 2 is 2.11 bits per heavy atom. The molecule has 1 saturated heterocycles. The van der Waals surface area contributed by atoms with E-state index in [1.54, 1.807) is 19.5 Å². The Morgan fingerprint density at radius 3 is 2.93 bits per heavy atom. The van der Waals surface area contributed by atoms with Crippen molar-refractivity contribution in [2.45, 2.75) is 25.3 Å². The minimum Gasteiger partial charge on any atom is -0.496 e. The molecule has 8 heteroatoms. The Hall–Kier alpha value is -3.00. The second-order valence-electron chi connectivity index (χ2n) is 6.94. The Kier molecular flexibility index (Phi) is 5.21. The number of para-hydroxylation sites is 1. The molecule has 1 aromatic carbocycles. The first-order valence-electron chi connectivity index (χ1n) is 9.48. The highest BCUT2D eigenvalue weighted by atomic mass is 16.5. The maximum atomic E-state index is 12.8. The summed E-state index contributed by atoms with van der Waals surface area (Å²) >= 11 is 0. The molecule has 8 nitrogen and oxygen atoms in total. The summed E-state index contributed by atoms with van der Waals surface area (Å²) in [5.74, 6) is 0.997. The number of methoxy groups -OCH3 is 1. The van der Waals surface area contributed by atoms with Crippen molar-refractivity contribution in [2.75, 3.05) is 26.7 Å². The van der Waals surface area contributed by atoms with Gasteiger partial charge in [0, 0.05) is 43.5 Å². The zero-order chi connectivity index (χ0) is 19.5. The molecule has 1 aliphatic heterocycles. The van der Waals surface area contributed by atoms with Gasteiger partial charge in [0.2, 0.25) is 5.91 Å². The van der Waals surface area contributed by atoms with Crippen molar-refractivity contribution >= 4 is 17.1 Å². The van der Waals surface area contributed by atoms with Crippen molar-refractivity contribution in [3.63, 3.8) is 0 Å². The van der Waals surface area contributed by atoms with Crippen molar-refractivity contribution in [2.24, 2.45) is 5.73 Å². The first-order chi connectivity index (χ1) is 13.7. The number of carbonyl (C=O) groups excluding carboxylic acids is 1. The summed E-state index contributed by atoms with van der Waals surface area (Å²) in [4.78, 5) is 23.6. The molecule has 2 aromatic heterocycles. The average molecular weight is 380 g/mol. The molecule has 0 spiro atoms. The van der Waals surface area contributed by atoms with Gasteiger partial charge in [-0.1, -0.05) is 18.2 Å². The number of carbonyl (C=O) groups is 1. The molecule has 1 fully saturated rings. The van der Waals surface area contributed by atoms with Crippen molar-refractivity contribution in [3.05, 3.63) is 47.9 Å². The second kappa shape index (κ2) is 7.93. The summed E-state index contributed by atoms with van der Waals surface area (Å²) in [5.41, 5.74) is 9.07. The lowest BCUT2D eigenvalue weighted by Gasteiger charge is -2.17. The third-order valence-corrected chi connectivity index (χ3v) is 5.20. The van der Waals surface area contributed by atoms with E-state index in [4.69, 9.17) is 15.6 Å². The van der Waals surface area contributed by atoms with Crippen LogP contribution in [0.3, 0.4) is 0 Å². The van der Waals surface area contributed by atoms with Gasteiger partial charge in [0.1, 0.15) is 11.3 Å². The fourth-order valence-corrected chi connectivity index (χ4v) is 3.81. The molecule has 3 heterocycles. The third-order valence-electron chi connectivity index (χ3n) is 5.20. The molecule has 0 radical (unpaired) electrons. The van der Waals surface area contributed by atoms with Gasteiger partial charge in [-0.05, 0) is 12.5 Å². The second-order valence-corrected chi connectivity index (χ2v) is 6.94. The van der Waals surface area contributed by atoms with Crippen LogP contribution in [-0.2, 0) is 17.8 Å². The van der Waals surface area contributed by atoms with E-state index in [0.29, 0.717) is 32.6 Å². The number of rotatable bonds is 6. The van der Waals surface area contributed by atoms with Crippen molar-refractivity contribution in [1.29, 1.82) is 0 Å². The predicted octanol–water partition coefficient (Wildman–Crippen LogP) is 1.35. The van der Waals surface area contributed by atoms with Gasteiger partial charge in [-0.15, -0.1) is 0 Å². The van der Waals surface area contributed by atoms with Gasteiger partial charge in [0.05, 0.1) is 25.8 Å². The summed E-state index contributed by atoms with van der Waals surface area (Å²) in [6.45, 7) is 2.43. The lowest BCUT2D eigenvalue weighted by Crippen LogP contribution is -2.30. The molecule has 3 aromatic rings. The number of aromatic nitrogens is 4. The van der Waals surface area contributed by atoms with Gasteiger partial charge in [-0.2, -0.15) is 5.10 Å². The zero-order valence-corrected chi connectivity index (χ0v) is 15.9. The van der Waals surface area contributed by atoms with Gasteiger partial charge in [-0.3, -0.25) is 4.79 Å². The Bertz CT molecular complexity index is 986. The number of amides is 1. The monoisotopic (exact) mass is 380 g/mol. The first-order valence-corrected chi connectivity index (χ1v) is 9.48. The van der Waals surface area contributed by atoms with E-state index in [1.807, 2.05) is 33.8 Å². The lowest BCUT2D eigenvalue weighted by molar-refractivity contribution is -0.129. The molecule has 0 unspecified atom stereocenters. The number of nitrogens with two attached hydrogens (primary N) is 1. The van der Waals surface area contributed by atoms with E-state index < -0.39 is 0 Å². The van der Waals surface area contributed by atoms with Crippen LogP contribution in [0.5, 0.6) is 5.75 Å². The molecular formula is C20H24N6O2. The van der Waals surface area contributed by atoms with Crippen LogP contribution in [-0.4, -0.2) is 57.3 Å². The lowest BCUT2D eigenvalue weighted by atomic mass is 10.0. The Morgan fingerprint density at radius 1 is 1.29 bits per heavy atom. The predicted molar refractivity (Wildman–Crippen MR) is 105 cm³/mol. The number of benzene rings is 1. The maximum Gasteiger partial charge on any atom is 0.227 e. The fourth-order valence-electron chi connectivity index (χ4n) is 3.81. The number of ether oxygens (including phenoxy) is 1. The highest BCUT2D eigenvalue weighted by molar-refractivity contribution is 5.80. The molecule has 4 rings (SSSR count). The van der Waals surface area contributed by atoms with Gasteiger partial charge in [0.25, 0.3) is 0 Å². The molecule has 0 aliphatic carbocycles. The van der Waals surface area contributed by atoms with Crippen LogP contribution in [0.2, 0.25) is 0 Å². The van der Waals surface area contributed by atoms with E-state index in [9.17, 15) is 4.79 Å². The zero-order valence-electron chi connectivity index (χ0n) is 15.9. The molecule has 1 aliphatic rings. The van der Waals surface area contributed by atoms with Crippen LogP contribution in [0.1, 0.15) is 23.6 Å². The Labute approximate surface area is 163 Å². The summed E-state index contributed by atoms with van der Waals surface area (Å²) in [7, 11) is 1.62. The summed E-state index contributed by atoms with van der Waals surface area (Å²) in [6.07, 6.45) is 4.54. The summed E-state index contributed by atoms with van der Waals surface area (Å²) in [6, 6.07) is 7.64. The molecule has 28 heavy (non-hydrogen) atoms. The summed E-state index contributed by atoms with van der Waals surface area (Å²) in [5, 5.41) is 4.72. The van der Waals surface area contributed by atoms with Crippen molar-refractivity contribution < 1.29 is 9.53 Å². The van der Waals surface area contributed by atoms with E-state index in [2.05, 4.69) is 9.97 Å². The molecule has 2 N–H and O–H groups in total. The highest BCUT2D eigenvalue weighted by Crippen LogP contribution is 2.31. The quantitative estimate of drug-likeness (QED) is 0.693. The molecule has 1 atom stereocenters. The number of hydrogen-bond acceptors (Lipinski definition) is 6. The van der Waals surface area contributed by atoms with Crippen LogP contribution in [0.4, 0.5) is 0 Å². The average Bonchev–Trinajstić information content (AvgIpc) is 3.34. The number of fused-ring (bicyclic) bond motifs is 1. The van der Waals surface area contributed by atoms with E-state index in [-0.39, 0.29) is 11.8 Å². The van der Waals surface area contributed by atoms with Gasteiger partial charge in [-0.25, -0.2) is 14.6 Å². The largest absolute Gasteiger partial charge is 0.496 e. The number of likely N-dealkylation sites (tertiary alicyclic amines) is 1. The maximum absolute atomic E-state index is 12.8. The molecule has 0 saturated carbocycles. The Balaban J connectivity index is 1.51. The van der Waals surface area contributed by atoms with Crippen LogP contribution < -0.4 is 10.5 Å². The minimum atomic E-state index is 0.101. The van der Waals surface area contributed by atoms with Crippen molar-refractivity contribution in [3.8, 4) is 5.75 Å². The number of nitrogens with zero attached hydrogens (tertiary/aromatic N) is 5.